The predicted octanol–water partition coefficient (Wildman–Crippen LogP) is 3.18. The Bertz CT molecular complexity index is 776. The molecule has 1 fully saturated rings. The second-order valence-corrected chi connectivity index (χ2v) is 6.31. The number of hydrogen-bond donors (Lipinski definition) is 2. The molecular weight excluding hydrogens is 332 g/mol. The van der Waals surface area contributed by atoms with Crippen LogP contribution < -0.4 is 10.6 Å². The molecule has 1 aromatic carbocycles. The number of hydrogen-bond acceptors (Lipinski definition) is 4. The Morgan fingerprint density at radius 3 is 2.87 bits per heavy atom. The molecule has 23 heavy (non-hydrogen) atoms. The highest BCUT2D eigenvalue weighted by molar-refractivity contribution is 7.15. The SMILES string of the molecule is Cl.O=C(Nc1ccc(-c2cn3ccsc3n2)cc1)[C@@H]1CCCN1. The average molecular weight is 349 g/mol. The first kappa shape index (κ1) is 16.0. The van der Waals surface area contributed by atoms with Crippen LogP contribution in [0.3, 0.4) is 0 Å². The molecule has 1 aliphatic rings. The number of halogens is 1. The molecule has 0 radical (unpaired) electrons. The zero-order valence-electron chi connectivity index (χ0n) is 12.4. The van der Waals surface area contributed by atoms with E-state index in [9.17, 15) is 4.79 Å². The number of anilines is 1. The van der Waals surface area contributed by atoms with E-state index in [4.69, 9.17) is 0 Å². The lowest BCUT2D eigenvalue weighted by molar-refractivity contribution is -0.117. The molecule has 1 aliphatic heterocycles. The molecule has 3 heterocycles. The Morgan fingerprint density at radius 2 is 2.17 bits per heavy atom. The summed E-state index contributed by atoms with van der Waals surface area (Å²) in [6.45, 7) is 0.925. The zero-order valence-corrected chi connectivity index (χ0v) is 14.0. The van der Waals surface area contributed by atoms with Gasteiger partial charge in [-0.1, -0.05) is 12.1 Å². The van der Waals surface area contributed by atoms with Gasteiger partial charge in [0.2, 0.25) is 5.91 Å². The molecule has 0 spiro atoms. The molecule has 1 amide bonds. The van der Waals surface area contributed by atoms with Gasteiger partial charge in [0.05, 0.1) is 11.7 Å². The van der Waals surface area contributed by atoms with Crippen molar-refractivity contribution in [1.29, 1.82) is 0 Å². The van der Waals surface area contributed by atoms with E-state index in [0.29, 0.717) is 0 Å². The van der Waals surface area contributed by atoms with E-state index < -0.39 is 0 Å². The van der Waals surface area contributed by atoms with Crippen LogP contribution in [0.4, 0.5) is 5.69 Å². The maximum atomic E-state index is 12.1. The van der Waals surface area contributed by atoms with Crippen molar-refractivity contribution in [2.24, 2.45) is 0 Å². The molecule has 1 saturated heterocycles. The van der Waals surface area contributed by atoms with Crippen LogP contribution >= 0.6 is 23.7 Å². The highest BCUT2D eigenvalue weighted by Gasteiger charge is 2.21. The maximum absolute atomic E-state index is 12.1. The highest BCUT2D eigenvalue weighted by Crippen LogP contribution is 2.23. The summed E-state index contributed by atoms with van der Waals surface area (Å²) in [7, 11) is 0. The summed E-state index contributed by atoms with van der Waals surface area (Å²) in [4.78, 5) is 17.6. The third-order valence-electron chi connectivity index (χ3n) is 3.92. The van der Waals surface area contributed by atoms with Crippen LogP contribution in [0.1, 0.15) is 12.8 Å². The van der Waals surface area contributed by atoms with E-state index in [1.807, 2.05) is 46.4 Å². The van der Waals surface area contributed by atoms with Crippen LogP contribution in [0.2, 0.25) is 0 Å². The number of fused-ring (bicyclic) bond motifs is 1. The third-order valence-corrected chi connectivity index (χ3v) is 4.69. The van der Waals surface area contributed by atoms with Crippen molar-refractivity contribution in [1.82, 2.24) is 14.7 Å². The Balaban J connectivity index is 0.00000156. The topological polar surface area (TPSA) is 58.4 Å². The van der Waals surface area contributed by atoms with Crippen LogP contribution in [0, 0.1) is 0 Å². The number of thiazole rings is 1. The van der Waals surface area contributed by atoms with Gasteiger partial charge in [-0.25, -0.2) is 4.98 Å². The van der Waals surface area contributed by atoms with E-state index in [2.05, 4.69) is 15.6 Å². The molecular formula is C16H17ClN4OS. The first-order valence-electron chi connectivity index (χ1n) is 7.36. The smallest absolute Gasteiger partial charge is 0.241 e. The number of rotatable bonds is 3. The van der Waals surface area contributed by atoms with E-state index in [-0.39, 0.29) is 24.4 Å². The highest BCUT2D eigenvalue weighted by atomic mass is 35.5. The quantitative estimate of drug-likeness (QED) is 0.764. The molecule has 2 aromatic heterocycles. The average Bonchev–Trinajstić information content (AvgIpc) is 3.24. The lowest BCUT2D eigenvalue weighted by Gasteiger charge is -2.11. The summed E-state index contributed by atoms with van der Waals surface area (Å²) in [5.41, 5.74) is 2.82. The third kappa shape index (κ3) is 3.24. The number of carbonyl (C=O) groups is 1. The van der Waals surface area contributed by atoms with Gasteiger partial charge in [0, 0.05) is 29.0 Å². The molecule has 4 rings (SSSR count). The van der Waals surface area contributed by atoms with Gasteiger partial charge in [-0.15, -0.1) is 23.7 Å². The summed E-state index contributed by atoms with van der Waals surface area (Å²) < 4.78 is 2.02. The van der Waals surface area contributed by atoms with E-state index >= 15 is 0 Å². The Morgan fingerprint density at radius 1 is 1.35 bits per heavy atom. The zero-order chi connectivity index (χ0) is 14.9. The molecule has 1 atom stereocenters. The van der Waals surface area contributed by atoms with Crippen molar-refractivity contribution in [2.75, 3.05) is 11.9 Å². The number of benzene rings is 1. The number of amides is 1. The van der Waals surface area contributed by atoms with Gasteiger partial charge in [-0.05, 0) is 31.5 Å². The largest absolute Gasteiger partial charge is 0.325 e. The predicted molar refractivity (Wildman–Crippen MR) is 95.4 cm³/mol. The van der Waals surface area contributed by atoms with Crippen molar-refractivity contribution >= 4 is 40.3 Å². The minimum Gasteiger partial charge on any atom is -0.325 e. The summed E-state index contributed by atoms with van der Waals surface area (Å²) in [5, 5.41) is 8.18. The standard InChI is InChI=1S/C16H16N4OS.ClH/c21-15(13-2-1-7-17-13)18-12-5-3-11(4-6-12)14-10-20-8-9-22-16(20)19-14;/h3-6,8-10,13,17H,1-2,7H2,(H,18,21);1H/t13-;/m0./s1. The first-order valence-corrected chi connectivity index (χ1v) is 8.24. The fourth-order valence-corrected chi connectivity index (χ4v) is 3.43. The molecule has 0 aliphatic carbocycles. The number of imidazole rings is 1. The molecule has 3 aromatic rings. The molecule has 0 bridgehead atoms. The molecule has 0 saturated carbocycles. The van der Waals surface area contributed by atoms with E-state index in [1.54, 1.807) is 11.3 Å². The number of carbonyl (C=O) groups excluding carboxylic acids is 1. The monoisotopic (exact) mass is 348 g/mol. The molecule has 120 valence electrons. The van der Waals surface area contributed by atoms with Gasteiger partial charge in [0.1, 0.15) is 0 Å². The minimum absolute atomic E-state index is 0. The Labute approximate surface area is 144 Å². The maximum Gasteiger partial charge on any atom is 0.241 e. The second-order valence-electron chi connectivity index (χ2n) is 5.43. The van der Waals surface area contributed by atoms with Gasteiger partial charge in [-0.3, -0.25) is 9.20 Å². The Hall–Kier alpha value is -1.89. The summed E-state index contributed by atoms with van der Waals surface area (Å²) >= 11 is 1.62. The van der Waals surface area contributed by atoms with Crippen LogP contribution in [0.15, 0.2) is 42.0 Å². The lowest BCUT2D eigenvalue weighted by atomic mass is 10.1. The molecule has 5 nitrogen and oxygen atoms in total. The molecule has 2 N–H and O–H groups in total. The van der Waals surface area contributed by atoms with Crippen LogP contribution in [-0.4, -0.2) is 27.9 Å². The van der Waals surface area contributed by atoms with Gasteiger partial charge >= 0.3 is 0 Å². The van der Waals surface area contributed by atoms with Crippen molar-refractivity contribution in [3.8, 4) is 11.3 Å². The van der Waals surface area contributed by atoms with Crippen LogP contribution in [0.5, 0.6) is 0 Å². The minimum atomic E-state index is -0.0559. The van der Waals surface area contributed by atoms with Gasteiger partial charge < -0.3 is 10.6 Å². The summed E-state index contributed by atoms with van der Waals surface area (Å²) in [6.07, 6.45) is 5.99. The fourth-order valence-electron chi connectivity index (χ4n) is 2.73. The first-order chi connectivity index (χ1) is 10.8. The Kier molecular flexibility index (Phi) is 4.66. The van der Waals surface area contributed by atoms with E-state index in [1.165, 1.54) is 0 Å². The van der Waals surface area contributed by atoms with Gasteiger partial charge in [0.25, 0.3) is 0 Å². The van der Waals surface area contributed by atoms with Gasteiger partial charge in [-0.2, -0.15) is 0 Å². The van der Waals surface area contributed by atoms with Crippen molar-refractivity contribution in [3.63, 3.8) is 0 Å². The number of nitrogens with zero attached hydrogens (tertiary/aromatic N) is 2. The van der Waals surface area contributed by atoms with Crippen LogP contribution in [0.25, 0.3) is 16.2 Å². The van der Waals surface area contributed by atoms with Crippen molar-refractivity contribution in [3.05, 3.63) is 42.0 Å². The van der Waals surface area contributed by atoms with Crippen LogP contribution in [-0.2, 0) is 4.79 Å². The normalized spacial score (nSPS) is 17.1. The van der Waals surface area contributed by atoms with Crippen molar-refractivity contribution in [2.45, 2.75) is 18.9 Å². The second kappa shape index (κ2) is 6.70. The summed E-state index contributed by atoms with van der Waals surface area (Å²) in [5.74, 6) is 0.0488. The fraction of sp³-hybridized carbons (Fsp3) is 0.250. The number of aromatic nitrogens is 2. The molecule has 7 heteroatoms. The van der Waals surface area contributed by atoms with E-state index in [0.717, 1.165) is 41.3 Å². The number of nitrogens with one attached hydrogen (secondary N) is 2. The molecule has 0 unspecified atom stereocenters. The lowest BCUT2D eigenvalue weighted by Crippen LogP contribution is -2.35. The summed E-state index contributed by atoms with van der Waals surface area (Å²) in [6, 6.07) is 7.78. The van der Waals surface area contributed by atoms with Crippen molar-refractivity contribution < 1.29 is 4.79 Å². The van der Waals surface area contributed by atoms with Gasteiger partial charge in [0.15, 0.2) is 4.96 Å².